The molecule has 1 aliphatic heterocycles. The van der Waals surface area contributed by atoms with Crippen molar-refractivity contribution < 1.29 is 9.53 Å². The van der Waals surface area contributed by atoms with Gasteiger partial charge in [0.15, 0.2) is 0 Å². The normalized spacial score (nSPS) is 28.5. The number of carbonyl (C=O) groups excluding carboxylic acids is 1. The molecule has 0 aromatic heterocycles. The van der Waals surface area contributed by atoms with E-state index in [2.05, 4.69) is 30.9 Å². The first-order valence-electron chi connectivity index (χ1n) is 6.15. The standard InChI is InChI=1S/C14H19NO2/c1-4-17-14(16)13-11(3)15(13)10(2)12-8-6-5-7-9-12/h5-11,13H,4H2,1-3H3/t10-,11+,13+,15?/m1/s1. The average Bonchev–Trinajstić information content (AvgIpc) is 3.01. The van der Waals surface area contributed by atoms with Crippen LogP contribution in [0.4, 0.5) is 0 Å². The summed E-state index contributed by atoms with van der Waals surface area (Å²) in [5.74, 6) is -0.0946. The zero-order valence-corrected chi connectivity index (χ0v) is 10.6. The lowest BCUT2D eigenvalue weighted by Crippen LogP contribution is -2.18. The third-order valence-electron chi connectivity index (χ3n) is 3.42. The summed E-state index contributed by atoms with van der Waals surface area (Å²) in [4.78, 5) is 13.9. The van der Waals surface area contributed by atoms with Crippen LogP contribution in [0.3, 0.4) is 0 Å². The van der Waals surface area contributed by atoms with E-state index in [9.17, 15) is 4.79 Å². The molecule has 92 valence electrons. The Balaban J connectivity index is 2.03. The van der Waals surface area contributed by atoms with Crippen LogP contribution in [0.1, 0.15) is 32.4 Å². The highest BCUT2D eigenvalue weighted by molar-refractivity contribution is 5.80. The Morgan fingerprint density at radius 2 is 2.06 bits per heavy atom. The van der Waals surface area contributed by atoms with Crippen LogP contribution >= 0.6 is 0 Å². The summed E-state index contributed by atoms with van der Waals surface area (Å²) in [6, 6.07) is 10.7. The molecule has 3 nitrogen and oxygen atoms in total. The summed E-state index contributed by atoms with van der Waals surface area (Å²) in [7, 11) is 0. The maximum atomic E-state index is 11.7. The van der Waals surface area contributed by atoms with Gasteiger partial charge in [-0.1, -0.05) is 30.3 Å². The lowest BCUT2D eigenvalue weighted by atomic mass is 10.1. The van der Waals surface area contributed by atoms with E-state index >= 15 is 0 Å². The summed E-state index contributed by atoms with van der Waals surface area (Å²) < 4.78 is 5.07. The van der Waals surface area contributed by atoms with Gasteiger partial charge in [0.1, 0.15) is 6.04 Å². The molecular formula is C14H19NO2. The maximum Gasteiger partial charge on any atom is 0.325 e. The van der Waals surface area contributed by atoms with Gasteiger partial charge in [0.2, 0.25) is 0 Å². The number of benzene rings is 1. The van der Waals surface area contributed by atoms with Crippen molar-refractivity contribution >= 4 is 5.97 Å². The Labute approximate surface area is 102 Å². The predicted octanol–water partition coefficient (Wildman–Crippen LogP) is 2.38. The average molecular weight is 233 g/mol. The highest BCUT2D eigenvalue weighted by atomic mass is 16.5. The van der Waals surface area contributed by atoms with Gasteiger partial charge in [0, 0.05) is 12.1 Å². The number of ether oxygens (including phenoxy) is 1. The van der Waals surface area contributed by atoms with Crippen molar-refractivity contribution in [3.63, 3.8) is 0 Å². The number of rotatable bonds is 4. The van der Waals surface area contributed by atoms with Crippen LogP contribution < -0.4 is 0 Å². The molecule has 1 heterocycles. The Kier molecular flexibility index (Phi) is 3.48. The fourth-order valence-corrected chi connectivity index (χ4v) is 2.41. The Morgan fingerprint density at radius 1 is 1.41 bits per heavy atom. The molecule has 1 fully saturated rings. The second-order valence-electron chi connectivity index (χ2n) is 4.47. The Bertz CT molecular complexity index is 390. The summed E-state index contributed by atoms with van der Waals surface area (Å²) in [6.45, 7) is 6.50. The van der Waals surface area contributed by atoms with Gasteiger partial charge in [-0.15, -0.1) is 0 Å². The number of nitrogens with zero attached hydrogens (tertiary/aromatic N) is 1. The topological polar surface area (TPSA) is 29.3 Å². The lowest BCUT2D eigenvalue weighted by molar-refractivity contribution is -0.143. The van der Waals surface area contributed by atoms with E-state index in [1.54, 1.807) is 0 Å². The van der Waals surface area contributed by atoms with Gasteiger partial charge in [0.05, 0.1) is 6.61 Å². The minimum absolute atomic E-state index is 0.0647. The van der Waals surface area contributed by atoms with Crippen molar-refractivity contribution in [3.8, 4) is 0 Å². The minimum atomic E-state index is -0.0946. The third-order valence-corrected chi connectivity index (χ3v) is 3.42. The van der Waals surface area contributed by atoms with Gasteiger partial charge >= 0.3 is 5.97 Å². The van der Waals surface area contributed by atoms with Crippen LogP contribution in [0.15, 0.2) is 30.3 Å². The van der Waals surface area contributed by atoms with Crippen LogP contribution in [0.5, 0.6) is 0 Å². The lowest BCUT2D eigenvalue weighted by Gasteiger charge is -2.14. The van der Waals surface area contributed by atoms with Crippen molar-refractivity contribution in [2.45, 2.75) is 38.9 Å². The molecule has 4 atom stereocenters. The van der Waals surface area contributed by atoms with E-state index in [1.165, 1.54) is 5.56 Å². The van der Waals surface area contributed by atoms with Gasteiger partial charge in [-0.2, -0.15) is 0 Å². The quantitative estimate of drug-likeness (QED) is 0.590. The molecule has 0 aliphatic carbocycles. The highest BCUT2D eigenvalue weighted by Crippen LogP contribution is 2.38. The molecule has 3 heteroatoms. The second kappa shape index (κ2) is 4.88. The molecule has 1 aromatic rings. The van der Waals surface area contributed by atoms with Crippen LogP contribution in [-0.2, 0) is 9.53 Å². The molecule has 1 saturated heterocycles. The molecule has 0 amide bonds. The number of hydrogen-bond acceptors (Lipinski definition) is 3. The minimum Gasteiger partial charge on any atom is -0.465 e. The molecule has 0 N–H and O–H groups in total. The molecule has 0 saturated carbocycles. The largest absolute Gasteiger partial charge is 0.465 e. The smallest absolute Gasteiger partial charge is 0.325 e. The SMILES string of the molecule is CCOC(=O)[C@@H]1[C@H](C)N1[C@H](C)c1ccccc1. The number of esters is 1. The van der Waals surface area contributed by atoms with E-state index < -0.39 is 0 Å². The summed E-state index contributed by atoms with van der Waals surface area (Å²) >= 11 is 0. The summed E-state index contributed by atoms with van der Waals surface area (Å²) in [5.41, 5.74) is 1.24. The van der Waals surface area contributed by atoms with Gasteiger partial charge in [-0.25, -0.2) is 0 Å². The van der Waals surface area contributed by atoms with Crippen molar-refractivity contribution in [3.05, 3.63) is 35.9 Å². The van der Waals surface area contributed by atoms with Crippen LogP contribution in [0.2, 0.25) is 0 Å². The molecule has 1 aromatic carbocycles. The zero-order chi connectivity index (χ0) is 12.4. The molecular weight excluding hydrogens is 214 g/mol. The van der Waals surface area contributed by atoms with E-state index in [4.69, 9.17) is 4.74 Å². The summed E-state index contributed by atoms with van der Waals surface area (Å²) in [6.07, 6.45) is 0. The van der Waals surface area contributed by atoms with Crippen LogP contribution in [0.25, 0.3) is 0 Å². The number of hydrogen-bond donors (Lipinski definition) is 0. The Morgan fingerprint density at radius 3 is 2.65 bits per heavy atom. The molecule has 2 rings (SSSR count). The number of carbonyl (C=O) groups is 1. The predicted molar refractivity (Wildman–Crippen MR) is 66.6 cm³/mol. The van der Waals surface area contributed by atoms with E-state index in [-0.39, 0.29) is 24.1 Å². The fourth-order valence-electron chi connectivity index (χ4n) is 2.41. The van der Waals surface area contributed by atoms with Gasteiger partial charge in [-0.05, 0) is 26.3 Å². The second-order valence-corrected chi connectivity index (χ2v) is 4.47. The zero-order valence-electron chi connectivity index (χ0n) is 10.6. The summed E-state index contributed by atoms with van der Waals surface area (Å²) in [5, 5.41) is 0. The van der Waals surface area contributed by atoms with E-state index in [1.807, 2.05) is 25.1 Å². The van der Waals surface area contributed by atoms with Crippen LogP contribution in [0, 0.1) is 0 Å². The molecule has 0 spiro atoms. The van der Waals surface area contributed by atoms with Crippen LogP contribution in [-0.4, -0.2) is 29.6 Å². The van der Waals surface area contributed by atoms with Crippen molar-refractivity contribution in [2.75, 3.05) is 6.61 Å². The Hall–Kier alpha value is -1.35. The first-order valence-corrected chi connectivity index (χ1v) is 6.15. The van der Waals surface area contributed by atoms with Gasteiger partial charge < -0.3 is 4.74 Å². The first-order chi connectivity index (χ1) is 8.16. The highest BCUT2D eigenvalue weighted by Gasteiger charge is 2.52. The fraction of sp³-hybridized carbons (Fsp3) is 0.500. The van der Waals surface area contributed by atoms with Crippen molar-refractivity contribution in [1.82, 2.24) is 4.90 Å². The molecule has 1 unspecified atom stereocenters. The van der Waals surface area contributed by atoms with E-state index in [0.717, 1.165) is 0 Å². The molecule has 0 bridgehead atoms. The molecule has 0 radical (unpaired) electrons. The van der Waals surface area contributed by atoms with E-state index in [0.29, 0.717) is 6.61 Å². The third kappa shape index (κ3) is 2.34. The van der Waals surface area contributed by atoms with Gasteiger partial charge in [0.25, 0.3) is 0 Å². The van der Waals surface area contributed by atoms with Gasteiger partial charge in [-0.3, -0.25) is 9.69 Å². The maximum absolute atomic E-state index is 11.7. The molecule has 1 aliphatic rings. The van der Waals surface area contributed by atoms with Crippen molar-refractivity contribution in [1.29, 1.82) is 0 Å². The van der Waals surface area contributed by atoms with Crippen molar-refractivity contribution in [2.24, 2.45) is 0 Å². The monoisotopic (exact) mass is 233 g/mol. The first kappa shape index (κ1) is 12.1. The molecule has 17 heavy (non-hydrogen) atoms.